The molecule has 0 aromatic carbocycles. The average molecular weight is 330 g/mol. The van der Waals surface area contributed by atoms with Crippen molar-refractivity contribution in [3.63, 3.8) is 0 Å². The average Bonchev–Trinajstić information content (AvgIpc) is 2.42. The lowest BCUT2D eigenvalue weighted by Crippen LogP contribution is -2.52. The van der Waals surface area contributed by atoms with E-state index in [9.17, 15) is 9.59 Å². The predicted octanol–water partition coefficient (Wildman–Crippen LogP) is 1.86. The summed E-state index contributed by atoms with van der Waals surface area (Å²) in [6.45, 7) is 9.80. The van der Waals surface area contributed by atoms with Crippen molar-refractivity contribution in [2.45, 2.75) is 64.6 Å². The van der Waals surface area contributed by atoms with E-state index in [0.717, 1.165) is 6.42 Å². The second-order valence-electron chi connectivity index (χ2n) is 6.99. The lowest BCUT2D eigenvalue weighted by molar-refractivity contribution is -0.137. The number of carbonyl (C=O) groups is 2. The van der Waals surface area contributed by atoms with Gasteiger partial charge in [0, 0.05) is 19.0 Å². The number of carboxylic acids is 1. The number of carbonyl (C=O) groups excluding carboxylic acids is 1. The first-order valence-electron chi connectivity index (χ1n) is 8.21. The van der Waals surface area contributed by atoms with E-state index in [1.165, 1.54) is 0 Å². The Bertz CT molecular complexity index is 394. The van der Waals surface area contributed by atoms with E-state index in [1.54, 1.807) is 4.90 Å². The summed E-state index contributed by atoms with van der Waals surface area (Å²) in [4.78, 5) is 24.5. The maximum absolute atomic E-state index is 12.3. The predicted molar refractivity (Wildman–Crippen MR) is 86.5 cm³/mol. The summed E-state index contributed by atoms with van der Waals surface area (Å²) in [5.41, 5.74) is -0.513. The van der Waals surface area contributed by atoms with Gasteiger partial charge >= 0.3 is 12.1 Å². The zero-order chi connectivity index (χ0) is 17.5. The van der Waals surface area contributed by atoms with E-state index in [1.807, 2.05) is 27.7 Å². The molecule has 0 bridgehead atoms. The first-order chi connectivity index (χ1) is 10.7. The van der Waals surface area contributed by atoms with Crippen LogP contribution in [0.5, 0.6) is 0 Å². The molecule has 0 radical (unpaired) electrons. The molecule has 2 unspecified atom stereocenters. The summed E-state index contributed by atoms with van der Waals surface area (Å²) in [7, 11) is 0. The molecule has 7 nitrogen and oxygen atoms in total. The molecular formula is C16H30N2O5. The Balaban J connectivity index is 2.44. The minimum atomic E-state index is -0.781. The Labute approximate surface area is 138 Å². The lowest BCUT2D eigenvalue weighted by Gasteiger charge is -2.37. The van der Waals surface area contributed by atoms with Crippen molar-refractivity contribution in [2.24, 2.45) is 0 Å². The number of hydrogen-bond donors (Lipinski definition) is 2. The largest absolute Gasteiger partial charge is 0.481 e. The second-order valence-corrected chi connectivity index (χ2v) is 6.99. The molecule has 0 saturated carbocycles. The molecule has 1 aliphatic heterocycles. The number of ether oxygens (including phenoxy) is 2. The van der Waals surface area contributed by atoms with E-state index >= 15 is 0 Å². The number of hydrogen-bond acceptors (Lipinski definition) is 5. The highest BCUT2D eigenvalue weighted by atomic mass is 16.6. The van der Waals surface area contributed by atoms with Gasteiger partial charge in [0.05, 0.1) is 19.3 Å². The zero-order valence-electron chi connectivity index (χ0n) is 14.6. The molecule has 134 valence electrons. The fourth-order valence-electron chi connectivity index (χ4n) is 2.49. The first kappa shape index (κ1) is 19.7. The van der Waals surface area contributed by atoms with Crippen LogP contribution in [0.15, 0.2) is 0 Å². The van der Waals surface area contributed by atoms with E-state index in [2.05, 4.69) is 5.32 Å². The molecule has 0 aliphatic carbocycles. The highest BCUT2D eigenvalue weighted by Gasteiger charge is 2.31. The molecule has 7 heteroatoms. The van der Waals surface area contributed by atoms with Crippen LogP contribution < -0.4 is 5.32 Å². The van der Waals surface area contributed by atoms with E-state index < -0.39 is 11.6 Å². The van der Waals surface area contributed by atoms with Crippen LogP contribution in [-0.4, -0.2) is 66.1 Å². The number of nitrogens with one attached hydrogen (secondary N) is 1. The standard InChI is InChI=1S/C16H30N2O5/c1-12(17-7-5-6-14(19)20)10-13-11-22-9-8-18(13)15(21)23-16(2,3)4/h12-13,17H,5-11H2,1-4H3,(H,19,20). The van der Waals surface area contributed by atoms with E-state index in [4.69, 9.17) is 14.6 Å². The highest BCUT2D eigenvalue weighted by molar-refractivity contribution is 5.68. The quantitative estimate of drug-likeness (QED) is 0.693. The van der Waals surface area contributed by atoms with Crippen molar-refractivity contribution in [3.8, 4) is 0 Å². The van der Waals surface area contributed by atoms with Gasteiger partial charge < -0.3 is 24.8 Å². The molecule has 2 N–H and O–H groups in total. The van der Waals surface area contributed by atoms with Crippen LogP contribution in [0.2, 0.25) is 0 Å². The fraction of sp³-hybridized carbons (Fsp3) is 0.875. The van der Waals surface area contributed by atoms with Crippen molar-refractivity contribution in [1.29, 1.82) is 0 Å². The third-order valence-electron chi connectivity index (χ3n) is 3.54. The Morgan fingerprint density at radius 3 is 2.74 bits per heavy atom. The van der Waals surface area contributed by atoms with Crippen LogP contribution in [-0.2, 0) is 14.3 Å². The Kier molecular flexibility index (Phi) is 7.78. The van der Waals surface area contributed by atoms with Gasteiger partial charge in [0.15, 0.2) is 0 Å². The third kappa shape index (κ3) is 8.18. The van der Waals surface area contributed by atoms with Crippen LogP contribution in [0, 0.1) is 0 Å². The molecule has 0 spiro atoms. The van der Waals surface area contributed by atoms with Crippen LogP contribution in [0.25, 0.3) is 0 Å². The molecule has 0 aromatic heterocycles. The summed E-state index contributed by atoms with van der Waals surface area (Å²) >= 11 is 0. The number of amides is 1. The fourth-order valence-corrected chi connectivity index (χ4v) is 2.49. The molecule has 23 heavy (non-hydrogen) atoms. The van der Waals surface area contributed by atoms with Crippen LogP contribution in [0.1, 0.15) is 47.0 Å². The monoisotopic (exact) mass is 330 g/mol. The van der Waals surface area contributed by atoms with Gasteiger partial charge in [-0.1, -0.05) is 0 Å². The van der Waals surface area contributed by atoms with Crippen molar-refractivity contribution >= 4 is 12.1 Å². The maximum atomic E-state index is 12.3. The second kappa shape index (κ2) is 9.08. The van der Waals surface area contributed by atoms with Gasteiger partial charge in [0.2, 0.25) is 0 Å². The summed E-state index contributed by atoms with van der Waals surface area (Å²) in [6.07, 6.45) is 1.20. The maximum Gasteiger partial charge on any atom is 0.410 e. The number of rotatable bonds is 7. The molecule has 1 aliphatic rings. The zero-order valence-corrected chi connectivity index (χ0v) is 14.6. The topological polar surface area (TPSA) is 88.1 Å². The number of carboxylic acid groups (broad SMARTS) is 1. The summed E-state index contributed by atoms with van der Waals surface area (Å²) < 4.78 is 11.0. The van der Waals surface area contributed by atoms with Crippen molar-refractivity contribution in [3.05, 3.63) is 0 Å². The van der Waals surface area contributed by atoms with Gasteiger partial charge in [-0.2, -0.15) is 0 Å². The first-order valence-corrected chi connectivity index (χ1v) is 8.21. The molecule has 1 saturated heterocycles. The molecule has 0 aromatic rings. The molecule has 2 atom stereocenters. The lowest BCUT2D eigenvalue weighted by atomic mass is 10.1. The van der Waals surface area contributed by atoms with Gasteiger partial charge in [-0.15, -0.1) is 0 Å². The van der Waals surface area contributed by atoms with Gasteiger partial charge in [-0.25, -0.2) is 4.79 Å². The smallest absolute Gasteiger partial charge is 0.410 e. The third-order valence-corrected chi connectivity index (χ3v) is 3.54. The Morgan fingerprint density at radius 2 is 2.13 bits per heavy atom. The van der Waals surface area contributed by atoms with Gasteiger partial charge in [-0.3, -0.25) is 4.79 Å². The summed E-state index contributed by atoms with van der Waals surface area (Å²) in [6, 6.07) is 0.140. The minimum Gasteiger partial charge on any atom is -0.481 e. The van der Waals surface area contributed by atoms with Crippen molar-refractivity contribution in [2.75, 3.05) is 26.3 Å². The van der Waals surface area contributed by atoms with Gasteiger partial charge in [-0.05, 0) is 47.1 Å². The molecular weight excluding hydrogens is 300 g/mol. The SMILES string of the molecule is CC(CC1COCCN1C(=O)OC(C)(C)C)NCCCC(=O)O. The Hall–Kier alpha value is -1.34. The Morgan fingerprint density at radius 1 is 1.43 bits per heavy atom. The molecule has 1 fully saturated rings. The molecule has 1 amide bonds. The van der Waals surface area contributed by atoms with Crippen LogP contribution in [0.3, 0.4) is 0 Å². The van der Waals surface area contributed by atoms with Gasteiger partial charge in [0.25, 0.3) is 0 Å². The summed E-state index contributed by atoms with van der Waals surface area (Å²) in [5.74, 6) is -0.781. The van der Waals surface area contributed by atoms with E-state index in [-0.39, 0.29) is 24.6 Å². The van der Waals surface area contributed by atoms with Crippen LogP contribution >= 0.6 is 0 Å². The number of morpholine rings is 1. The number of aliphatic carboxylic acids is 1. The molecule has 1 heterocycles. The highest BCUT2D eigenvalue weighted by Crippen LogP contribution is 2.17. The number of nitrogens with zero attached hydrogens (tertiary/aromatic N) is 1. The summed E-state index contributed by atoms with van der Waals surface area (Å²) in [5, 5.41) is 11.9. The minimum absolute atomic E-state index is 0.0272. The van der Waals surface area contributed by atoms with Crippen LogP contribution in [0.4, 0.5) is 4.79 Å². The molecule has 1 rings (SSSR count). The van der Waals surface area contributed by atoms with E-state index in [0.29, 0.717) is 32.7 Å². The van der Waals surface area contributed by atoms with Crippen molar-refractivity contribution < 1.29 is 24.2 Å². The van der Waals surface area contributed by atoms with Crippen molar-refractivity contribution in [1.82, 2.24) is 10.2 Å². The van der Waals surface area contributed by atoms with Gasteiger partial charge in [0.1, 0.15) is 5.60 Å². The normalized spacial score (nSPS) is 20.2.